The van der Waals surface area contributed by atoms with E-state index in [0.717, 1.165) is 17.2 Å². The SMILES string of the molecule is O=C1OC(c2ccc(-c3ccccc3)cc2)=N/C1=C\c1cc([N+](=O)[O-])ccc1O. The van der Waals surface area contributed by atoms with Gasteiger partial charge in [-0.2, -0.15) is 0 Å². The minimum atomic E-state index is -0.696. The summed E-state index contributed by atoms with van der Waals surface area (Å²) in [6.07, 6.45) is 1.26. The van der Waals surface area contributed by atoms with E-state index in [0.29, 0.717) is 5.56 Å². The number of rotatable bonds is 4. The summed E-state index contributed by atoms with van der Waals surface area (Å²) in [5.41, 5.74) is 2.53. The molecule has 0 radical (unpaired) electrons. The Balaban J connectivity index is 1.63. The number of hydrogen-bond acceptors (Lipinski definition) is 6. The van der Waals surface area contributed by atoms with E-state index in [4.69, 9.17) is 4.74 Å². The summed E-state index contributed by atoms with van der Waals surface area (Å²) >= 11 is 0. The fourth-order valence-corrected chi connectivity index (χ4v) is 2.89. The zero-order chi connectivity index (χ0) is 20.4. The number of nitro benzene ring substituents is 1. The Labute approximate surface area is 165 Å². The van der Waals surface area contributed by atoms with Gasteiger partial charge in [0.15, 0.2) is 5.70 Å². The van der Waals surface area contributed by atoms with E-state index in [-0.39, 0.29) is 28.6 Å². The molecule has 29 heavy (non-hydrogen) atoms. The minimum absolute atomic E-state index is 0.0528. The molecule has 7 heteroatoms. The van der Waals surface area contributed by atoms with Crippen molar-refractivity contribution in [3.8, 4) is 16.9 Å². The van der Waals surface area contributed by atoms with Crippen LogP contribution in [0.1, 0.15) is 11.1 Å². The van der Waals surface area contributed by atoms with Crippen molar-refractivity contribution in [2.45, 2.75) is 0 Å². The highest BCUT2D eigenvalue weighted by Crippen LogP contribution is 2.28. The van der Waals surface area contributed by atoms with Crippen molar-refractivity contribution >= 4 is 23.6 Å². The van der Waals surface area contributed by atoms with Gasteiger partial charge in [0.1, 0.15) is 5.75 Å². The van der Waals surface area contributed by atoms with Crippen molar-refractivity contribution in [2.24, 2.45) is 4.99 Å². The molecule has 142 valence electrons. The molecule has 0 saturated heterocycles. The van der Waals surface area contributed by atoms with E-state index in [1.165, 1.54) is 18.2 Å². The molecule has 0 spiro atoms. The Morgan fingerprint density at radius 2 is 1.59 bits per heavy atom. The van der Waals surface area contributed by atoms with Gasteiger partial charge in [0.05, 0.1) is 4.92 Å². The molecule has 0 bridgehead atoms. The molecule has 1 aliphatic heterocycles. The lowest BCUT2D eigenvalue weighted by atomic mass is 10.0. The lowest BCUT2D eigenvalue weighted by Crippen LogP contribution is -2.05. The highest BCUT2D eigenvalue weighted by atomic mass is 16.6. The maximum atomic E-state index is 12.2. The van der Waals surface area contributed by atoms with Gasteiger partial charge >= 0.3 is 5.97 Å². The van der Waals surface area contributed by atoms with Crippen LogP contribution in [-0.4, -0.2) is 21.9 Å². The summed E-state index contributed by atoms with van der Waals surface area (Å²) in [7, 11) is 0. The fraction of sp³-hybridized carbons (Fsp3) is 0. The van der Waals surface area contributed by atoms with Gasteiger partial charge in [-0.3, -0.25) is 10.1 Å². The fourth-order valence-electron chi connectivity index (χ4n) is 2.89. The van der Waals surface area contributed by atoms with Crippen molar-refractivity contribution < 1.29 is 19.6 Å². The molecule has 0 saturated carbocycles. The molecule has 3 aromatic rings. The molecule has 1 aliphatic rings. The summed E-state index contributed by atoms with van der Waals surface area (Å²) < 4.78 is 5.22. The number of nitrogens with zero attached hydrogens (tertiary/aromatic N) is 2. The van der Waals surface area contributed by atoms with E-state index in [1.54, 1.807) is 12.1 Å². The number of carbonyl (C=O) groups is 1. The summed E-state index contributed by atoms with van der Waals surface area (Å²) in [5, 5.41) is 20.8. The molecule has 0 amide bonds. The van der Waals surface area contributed by atoms with E-state index in [2.05, 4.69) is 4.99 Å². The monoisotopic (exact) mass is 386 g/mol. The van der Waals surface area contributed by atoms with Crippen molar-refractivity contribution in [1.29, 1.82) is 0 Å². The zero-order valence-corrected chi connectivity index (χ0v) is 15.0. The number of benzene rings is 3. The van der Waals surface area contributed by atoms with Gasteiger partial charge in [-0.05, 0) is 35.4 Å². The summed E-state index contributed by atoms with van der Waals surface area (Å²) in [5.74, 6) is -0.768. The van der Waals surface area contributed by atoms with Crippen molar-refractivity contribution in [3.63, 3.8) is 0 Å². The van der Waals surface area contributed by atoms with Crippen LogP contribution in [0.4, 0.5) is 5.69 Å². The number of non-ortho nitro benzene ring substituents is 1. The van der Waals surface area contributed by atoms with Gasteiger partial charge in [-0.25, -0.2) is 9.79 Å². The number of cyclic esters (lactones) is 1. The number of nitro groups is 1. The van der Waals surface area contributed by atoms with Gasteiger partial charge in [0, 0.05) is 23.3 Å². The maximum Gasteiger partial charge on any atom is 0.363 e. The van der Waals surface area contributed by atoms with Gasteiger partial charge < -0.3 is 9.84 Å². The summed E-state index contributed by atoms with van der Waals surface area (Å²) in [4.78, 5) is 26.7. The largest absolute Gasteiger partial charge is 0.507 e. The van der Waals surface area contributed by atoms with E-state index >= 15 is 0 Å². The molecule has 0 atom stereocenters. The van der Waals surface area contributed by atoms with E-state index in [1.807, 2.05) is 42.5 Å². The third-order valence-corrected chi connectivity index (χ3v) is 4.37. The molecule has 0 aliphatic carbocycles. The van der Waals surface area contributed by atoms with E-state index in [9.17, 15) is 20.0 Å². The number of hydrogen-bond donors (Lipinski definition) is 1. The number of phenolic OH excluding ortho intramolecular Hbond substituents is 1. The first-order chi connectivity index (χ1) is 14.0. The molecular weight excluding hydrogens is 372 g/mol. The van der Waals surface area contributed by atoms with Crippen LogP contribution in [0.25, 0.3) is 17.2 Å². The molecule has 0 aromatic heterocycles. The van der Waals surface area contributed by atoms with Crippen molar-refractivity contribution in [2.75, 3.05) is 0 Å². The predicted molar refractivity (Wildman–Crippen MR) is 107 cm³/mol. The number of phenols is 1. The lowest BCUT2D eigenvalue weighted by molar-refractivity contribution is -0.384. The molecule has 4 rings (SSSR count). The standard InChI is InChI=1S/C22H14N2O5/c25-20-11-10-18(24(27)28)12-17(20)13-19-22(26)29-21(23-19)16-8-6-15(7-9-16)14-4-2-1-3-5-14/h1-13,25H/b19-13-. The number of aromatic hydroxyl groups is 1. The minimum Gasteiger partial charge on any atom is -0.507 e. The Morgan fingerprint density at radius 1 is 0.931 bits per heavy atom. The van der Waals surface area contributed by atoms with Gasteiger partial charge in [-0.1, -0.05) is 42.5 Å². The van der Waals surface area contributed by atoms with Crippen LogP contribution in [0.3, 0.4) is 0 Å². The quantitative estimate of drug-likeness (QED) is 0.311. The molecule has 0 fully saturated rings. The summed E-state index contributed by atoms with van der Waals surface area (Å²) in [6.45, 7) is 0. The van der Waals surface area contributed by atoms with E-state index < -0.39 is 10.9 Å². The van der Waals surface area contributed by atoms with Gasteiger partial charge in [0.25, 0.3) is 5.69 Å². The van der Waals surface area contributed by atoms with Crippen LogP contribution in [-0.2, 0) is 9.53 Å². The third-order valence-electron chi connectivity index (χ3n) is 4.37. The Morgan fingerprint density at radius 3 is 2.28 bits per heavy atom. The van der Waals surface area contributed by atoms with Crippen molar-refractivity contribution in [3.05, 3.63) is 99.7 Å². The average molecular weight is 386 g/mol. The second-order valence-corrected chi connectivity index (χ2v) is 6.28. The predicted octanol–water partition coefficient (Wildman–Crippen LogP) is 4.31. The van der Waals surface area contributed by atoms with Crippen LogP contribution >= 0.6 is 0 Å². The maximum absolute atomic E-state index is 12.2. The molecular formula is C22H14N2O5. The highest BCUT2D eigenvalue weighted by Gasteiger charge is 2.25. The molecule has 1 heterocycles. The third kappa shape index (κ3) is 3.74. The molecule has 1 N–H and O–H groups in total. The van der Waals surface area contributed by atoms with Crippen LogP contribution in [0.5, 0.6) is 5.75 Å². The number of ether oxygens (including phenoxy) is 1. The second kappa shape index (κ2) is 7.40. The number of carbonyl (C=O) groups excluding carboxylic acids is 1. The number of aliphatic imine (C=N–C) groups is 1. The van der Waals surface area contributed by atoms with Crippen LogP contribution in [0, 0.1) is 10.1 Å². The first kappa shape index (κ1) is 18.1. The van der Waals surface area contributed by atoms with Crippen molar-refractivity contribution in [1.82, 2.24) is 0 Å². The summed E-state index contributed by atoms with van der Waals surface area (Å²) in [6, 6.07) is 20.7. The first-order valence-corrected chi connectivity index (χ1v) is 8.67. The molecule has 3 aromatic carbocycles. The topological polar surface area (TPSA) is 102 Å². The van der Waals surface area contributed by atoms with Crippen LogP contribution in [0.15, 0.2) is 83.5 Å². The molecule has 7 nitrogen and oxygen atoms in total. The molecule has 0 unspecified atom stereocenters. The Bertz CT molecular complexity index is 1170. The Hall–Kier alpha value is -4.26. The van der Waals surface area contributed by atoms with Crippen LogP contribution < -0.4 is 0 Å². The number of esters is 1. The first-order valence-electron chi connectivity index (χ1n) is 8.67. The smallest absolute Gasteiger partial charge is 0.363 e. The normalized spacial score (nSPS) is 14.6. The van der Waals surface area contributed by atoms with Gasteiger partial charge in [0.2, 0.25) is 5.90 Å². The highest BCUT2D eigenvalue weighted by molar-refractivity contribution is 6.13. The second-order valence-electron chi connectivity index (χ2n) is 6.28. The zero-order valence-electron chi connectivity index (χ0n) is 15.0. The Kier molecular flexibility index (Phi) is 4.62. The lowest BCUT2D eigenvalue weighted by Gasteiger charge is -2.03. The average Bonchev–Trinajstić information content (AvgIpc) is 3.10. The van der Waals surface area contributed by atoms with Gasteiger partial charge in [-0.15, -0.1) is 0 Å². The van der Waals surface area contributed by atoms with Crippen LogP contribution in [0.2, 0.25) is 0 Å².